The zero-order valence-corrected chi connectivity index (χ0v) is 20.3. The molecule has 2 aromatic carbocycles. The number of benzene rings is 2. The quantitative estimate of drug-likeness (QED) is 0.519. The number of hydrogen-bond acceptors (Lipinski definition) is 6. The number of methoxy groups -OCH3 is 1. The SMILES string of the molecule is COC(=O)c1cc([C@@H]2CCN(C(=O)OC(C)(C)C)C[C@H]2COc2ccc3[nH]ncc3c2)ccc1F. The maximum absolute atomic E-state index is 14.3. The van der Waals surface area contributed by atoms with E-state index in [0.29, 0.717) is 31.9 Å². The van der Waals surface area contributed by atoms with Crippen LogP contribution in [0.5, 0.6) is 5.75 Å². The Labute approximate surface area is 203 Å². The van der Waals surface area contributed by atoms with Gasteiger partial charge in [0, 0.05) is 24.4 Å². The lowest BCUT2D eigenvalue weighted by atomic mass is 9.80. The molecule has 8 nitrogen and oxygen atoms in total. The first-order valence-corrected chi connectivity index (χ1v) is 11.6. The van der Waals surface area contributed by atoms with E-state index in [0.717, 1.165) is 16.5 Å². The third kappa shape index (κ3) is 5.72. The standard InChI is InChI=1S/C26H30FN3O5/c1-26(2,3)35-25(32)30-10-9-20(16-5-7-22(27)21(12-16)24(31)33-4)18(14-30)15-34-19-6-8-23-17(11-19)13-28-29-23/h5-8,11-13,18,20H,9-10,14-15H2,1-4H3,(H,28,29)/t18-,20-/m0/s1. The summed E-state index contributed by atoms with van der Waals surface area (Å²) < 4.78 is 30.7. The zero-order valence-electron chi connectivity index (χ0n) is 20.3. The molecule has 0 spiro atoms. The van der Waals surface area contributed by atoms with Crippen molar-refractivity contribution in [2.75, 3.05) is 26.8 Å². The fourth-order valence-corrected chi connectivity index (χ4v) is 4.39. The summed E-state index contributed by atoms with van der Waals surface area (Å²) in [6.45, 7) is 6.68. The van der Waals surface area contributed by atoms with Crippen molar-refractivity contribution in [2.45, 2.75) is 38.7 Å². The molecule has 0 bridgehead atoms. The lowest BCUT2D eigenvalue weighted by molar-refractivity contribution is 0.0111. The van der Waals surface area contributed by atoms with E-state index >= 15 is 0 Å². The summed E-state index contributed by atoms with van der Waals surface area (Å²) in [5, 5.41) is 7.87. The second-order valence-electron chi connectivity index (χ2n) is 9.74. The van der Waals surface area contributed by atoms with Gasteiger partial charge in [-0.3, -0.25) is 5.10 Å². The number of halogens is 1. The normalized spacial score (nSPS) is 18.4. The molecule has 9 heteroatoms. The molecule has 35 heavy (non-hydrogen) atoms. The molecule has 1 aliphatic rings. The third-order valence-corrected chi connectivity index (χ3v) is 6.09. The number of nitrogens with one attached hydrogen (secondary N) is 1. The Bertz CT molecular complexity index is 1220. The Kier molecular flexibility index (Phi) is 6.95. The number of nitrogens with zero attached hydrogens (tertiary/aromatic N) is 2. The number of piperidine rings is 1. The van der Waals surface area contributed by atoms with E-state index in [4.69, 9.17) is 14.2 Å². The highest BCUT2D eigenvalue weighted by atomic mass is 19.1. The molecule has 3 aromatic rings. The third-order valence-electron chi connectivity index (χ3n) is 6.09. The first-order chi connectivity index (χ1) is 16.6. The van der Waals surface area contributed by atoms with Gasteiger partial charge >= 0.3 is 12.1 Å². The van der Waals surface area contributed by atoms with Gasteiger partial charge < -0.3 is 19.1 Å². The Hall–Kier alpha value is -3.62. The van der Waals surface area contributed by atoms with Gasteiger partial charge in [-0.05, 0) is 69.0 Å². The van der Waals surface area contributed by atoms with Crippen molar-refractivity contribution in [1.82, 2.24) is 15.1 Å². The first kappa shape index (κ1) is 24.5. The molecule has 2 heterocycles. The van der Waals surface area contributed by atoms with E-state index in [1.807, 2.05) is 39.0 Å². The van der Waals surface area contributed by atoms with Crippen molar-refractivity contribution in [2.24, 2.45) is 5.92 Å². The summed E-state index contributed by atoms with van der Waals surface area (Å²) in [5.41, 5.74) is 0.997. The van der Waals surface area contributed by atoms with Crippen LogP contribution in [0, 0.1) is 11.7 Å². The highest BCUT2D eigenvalue weighted by Crippen LogP contribution is 2.35. The summed E-state index contributed by atoms with van der Waals surface area (Å²) in [7, 11) is 1.22. The van der Waals surface area contributed by atoms with Gasteiger partial charge in [0.25, 0.3) is 0 Å². The van der Waals surface area contributed by atoms with Gasteiger partial charge in [0.1, 0.15) is 17.2 Å². The lowest BCUT2D eigenvalue weighted by Crippen LogP contribution is -2.46. The molecule has 2 atom stereocenters. The number of rotatable bonds is 5. The number of fused-ring (bicyclic) bond motifs is 1. The van der Waals surface area contributed by atoms with Crippen molar-refractivity contribution in [3.8, 4) is 5.75 Å². The number of aromatic nitrogens is 2. The second-order valence-corrected chi connectivity index (χ2v) is 9.74. The minimum absolute atomic E-state index is 0.0599. The van der Waals surface area contributed by atoms with Crippen molar-refractivity contribution in [1.29, 1.82) is 0 Å². The molecule has 1 amide bonds. The lowest BCUT2D eigenvalue weighted by Gasteiger charge is -2.39. The predicted molar refractivity (Wildman–Crippen MR) is 128 cm³/mol. The Morgan fingerprint density at radius 1 is 1.20 bits per heavy atom. The number of ether oxygens (including phenoxy) is 3. The number of likely N-dealkylation sites (tertiary alicyclic amines) is 1. The van der Waals surface area contributed by atoms with Crippen LogP contribution in [-0.2, 0) is 9.47 Å². The molecule has 4 rings (SSSR count). The molecule has 0 unspecified atom stereocenters. The summed E-state index contributed by atoms with van der Waals surface area (Å²) in [6.07, 6.45) is 1.96. The Morgan fingerprint density at radius 2 is 2.00 bits per heavy atom. The molecule has 1 N–H and O–H groups in total. The average Bonchev–Trinajstić information content (AvgIpc) is 3.29. The number of hydrogen-bond donors (Lipinski definition) is 1. The van der Waals surface area contributed by atoms with Gasteiger partial charge in [0.05, 0.1) is 31.0 Å². The minimum Gasteiger partial charge on any atom is -0.493 e. The maximum Gasteiger partial charge on any atom is 0.410 e. The van der Waals surface area contributed by atoms with Gasteiger partial charge in [-0.25, -0.2) is 14.0 Å². The molecule has 1 aliphatic heterocycles. The predicted octanol–water partition coefficient (Wildman–Crippen LogP) is 4.91. The summed E-state index contributed by atoms with van der Waals surface area (Å²) in [5.74, 6) is -0.853. The van der Waals surface area contributed by atoms with Gasteiger partial charge in [-0.15, -0.1) is 0 Å². The molecule has 0 radical (unpaired) electrons. The molecular formula is C26H30FN3O5. The molecule has 1 fully saturated rings. The van der Waals surface area contributed by atoms with Crippen molar-refractivity contribution in [3.05, 3.63) is 59.5 Å². The van der Waals surface area contributed by atoms with Gasteiger partial charge in [0.15, 0.2) is 0 Å². The van der Waals surface area contributed by atoms with Crippen molar-refractivity contribution in [3.63, 3.8) is 0 Å². The number of carbonyl (C=O) groups is 2. The van der Waals surface area contributed by atoms with E-state index in [9.17, 15) is 14.0 Å². The van der Waals surface area contributed by atoms with Gasteiger partial charge in [-0.1, -0.05) is 6.07 Å². The number of aromatic amines is 1. The van der Waals surface area contributed by atoms with E-state index in [1.165, 1.54) is 13.2 Å². The van der Waals surface area contributed by atoms with Crippen LogP contribution in [0.15, 0.2) is 42.6 Å². The topological polar surface area (TPSA) is 93.8 Å². The summed E-state index contributed by atoms with van der Waals surface area (Å²) in [6, 6.07) is 10.2. The molecule has 1 saturated heterocycles. The van der Waals surface area contributed by atoms with E-state index in [2.05, 4.69) is 10.2 Å². The monoisotopic (exact) mass is 483 g/mol. The maximum atomic E-state index is 14.3. The Morgan fingerprint density at radius 3 is 2.74 bits per heavy atom. The van der Waals surface area contributed by atoms with Crippen LogP contribution in [0.25, 0.3) is 10.9 Å². The number of esters is 1. The van der Waals surface area contributed by atoms with E-state index in [1.54, 1.807) is 23.2 Å². The van der Waals surface area contributed by atoms with Crippen LogP contribution in [0.3, 0.4) is 0 Å². The molecule has 186 valence electrons. The van der Waals surface area contributed by atoms with Gasteiger partial charge in [0.2, 0.25) is 0 Å². The fraction of sp³-hybridized carbons (Fsp3) is 0.423. The van der Waals surface area contributed by atoms with E-state index in [-0.39, 0.29) is 23.5 Å². The average molecular weight is 484 g/mol. The number of amides is 1. The Balaban J connectivity index is 1.57. The second kappa shape index (κ2) is 9.93. The smallest absolute Gasteiger partial charge is 0.410 e. The van der Waals surface area contributed by atoms with Crippen LogP contribution in [0.1, 0.15) is 49.0 Å². The highest BCUT2D eigenvalue weighted by molar-refractivity contribution is 5.89. The molecule has 1 aromatic heterocycles. The van der Waals surface area contributed by atoms with Crippen LogP contribution < -0.4 is 4.74 Å². The van der Waals surface area contributed by atoms with Crippen LogP contribution in [-0.4, -0.2) is 59.6 Å². The van der Waals surface area contributed by atoms with Crippen molar-refractivity contribution < 1.29 is 28.2 Å². The number of H-pyrrole nitrogens is 1. The molecule has 0 saturated carbocycles. The number of carbonyl (C=O) groups excluding carboxylic acids is 2. The van der Waals surface area contributed by atoms with E-state index < -0.39 is 17.4 Å². The fourth-order valence-electron chi connectivity index (χ4n) is 4.39. The largest absolute Gasteiger partial charge is 0.493 e. The molecular weight excluding hydrogens is 453 g/mol. The minimum atomic E-state index is -0.725. The van der Waals surface area contributed by atoms with Crippen LogP contribution >= 0.6 is 0 Å². The van der Waals surface area contributed by atoms with Crippen molar-refractivity contribution >= 4 is 23.0 Å². The summed E-state index contributed by atoms with van der Waals surface area (Å²) >= 11 is 0. The van der Waals surface area contributed by atoms with Crippen LogP contribution in [0.4, 0.5) is 9.18 Å². The first-order valence-electron chi connectivity index (χ1n) is 11.6. The summed E-state index contributed by atoms with van der Waals surface area (Å²) in [4.78, 5) is 26.5. The zero-order chi connectivity index (χ0) is 25.2. The highest BCUT2D eigenvalue weighted by Gasteiger charge is 2.35. The molecule has 0 aliphatic carbocycles. The van der Waals surface area contributed by atoms with Gasteiger partial charge in [-0.2, -0.15) is 5.10 Å². The van der Waals surface area contributed by atoms with Crippen LogP contribution in [0.2, 0.25) is 0 Å².